The summed E-state index contributed by atoms with van der Waals surface area (Å²) < 4.78 is 12.8. The van der Waals surface area contributed by atoms with Crippen LogP contribution in [-0.2, 0) is 5.41 Å². The van der Waals surface area contributed by atoms with Crippen molar-refractivity contribution in [3.05, 3.63) is 132 Å². The first kappa shape index (κ1) is 24.7. The Labute approximate surface area is 258 Å². The van der Waals surface area contributed by atoms with Crippen molar-refractivity contribution in [1.82, 2.24) is 9.97 Å². The van der Waals surface area contributed by atoms with Crippen molar-refractivity contribution in [2.45, 2.75) is 19.3 Å². The van der Waals surface area contributed by atoms with Crippen LogP contribution >= 0.6 is 0 Å². The molecule has 1 aliphatic carbocycles. The lowest BCUT2D eigenvalue weighted by molar-refractivity contribution is 0.657. The van der Waals surface area contributed by atoms with Gasteiger partial charge in [-0.3, -0.25) is 0 Å². The predicted molar refractivity (Wildman–Crippen MR) is 183 cm³/mol. The molecule has 0 bridgehead atoms. The maximum Gasteiger partial charge on any atom is 0.161 e. The number of hydrogen-bond acceptors (Lipinski definition) is 4. The lowest BCUT2D eigenvalue weighted by atomic mass is 9.80. The number of furan rings is 2. The van der Waals surface area contributed by atoms with E-state index in [4.69, 9.17) is 18.8 Å². The van der Waals surface area contributed by atoms with E-state index in [0.717, 1.165) is 66.2 Å². The number of benzene rings is 6. The summed E-state index contributed by atoms with van der Waals surface area (Å²) in [6.45, 7) is 4.64. The van der Waals surface area contributed by atoms with Gasteiger partial charge in [0.25, 0.3) is 0 Å². The zero-order valence-corrected chi connectivity index (χ0v) is 24.8. The molecule has 4 nitrogen and oxygen atoms in total. The first-order chi connectivity index (χ1) is 22.1. The molecule has 9 aromatic rings. The predicted octanol–water partition coefficient (Wildman–Crippen LogP) is 11.1. The molecule has 0 N–H and O–H groups in total. The van der Waals surface area contributed by atoms with E-state index in [-0.39, 0.29) is 5.41 Å². The number of nitrogens with zero attached hydrogens (tertiary/aromatic N) is 2. The van der Waals surface area contributed by atoms with Gasteiger partial charge in [-0.05, 0) is 52.6 Å². The Morgan fingerprint density at radius 1 is 0.511 bits per heavy atom. The molecule has 0 spiro atoms. The van der Waals surface area contributed by atoms with E-state index in [9.17, 15) is 0 Å². The summed E-state index contributed by atoms with van der Waals surface area (Å²) in [4.78, 5) is 10.7. The third-order valence-corrected chi connectivity index (χ3v) is 9.66. The molecule has 3 aromatic heterocycles. The summed E-state index contributed by atoms with van der Waals surface area (Å²) in [6.07, 6.45) is 0. The van der Waals surface area contributed by atoms with E-state index < -0.39 is 0 Å². The van der Waals surface area contributed by atoms with Crippen LogP contribution in [0.1, 0.15) is 25.0 Å². The summed E-state index contributed by atoms with van der Waals surface area (Å²) in [5.41, 5.74) is 12.0. The van der Waals surface area contributed by atoms with Crippen LogP contribution in [0.15, 0.2) is 130 Å². The average Bonchev–Trinajstić information content (AvgIpc) is 3.71. The quantitative estimate of drug-likeness (QED) is 0.205. The zero-order chi connectivity index (χ0) is 29.9. The Hall–Kier alpha value is -5.74. The third-order valence-electron chi connectivity index (χ3n) is 9.66. The second-order valence-corrected chi connectivity index (χ2v) is 12.5. The highest BCUT2D eigenvalue weighted by atomic mass is 16.3. The van der Waals surface area contributed by atoms with Gasteiger partial charge in [0.05, 0.1) is 11.2 Å². The van der Waals surface area contributed by atoms with Gasteiger partial charge in [-0.2, -0.15) is 0 Å². The van der Waals surface area contributed by atoms with E-state index in [1.54, 1.807) is 0 Å². The van der Waals surface area contributed by atoms with Crippen molar-refractivity contribution in [1.29, 1.82) is 0 Å². The number of fused-ring (bicyclic) bond motifs is 11. The van der Waals surface area contributed by atoms with Gasteiger partial charge in [0.2, 0.25) is 0 Å². The van der Waals surface area contributed by atoms with E-state index in [0.29, 0.717) is 5.82 Å². The van der Waals surface area contributed by atoms with Gasteiger partial charge in [0.15, 0.2) is 5.82 Å². The summed E-state index contributed by atoms with van der Waals surface area (Å²) in [6, 6.07) is 42.0. The smallest absolute Gasteiger partial charge is 0.161 e. The van der Waals surface area contributed by atoms with Gasteiger partial charge in [-0.25, -0.2) is 9.97 Å². The summed E-state index contributed by atoms with van der Waals surface area (Å²) in [5, 5.41) is 5.44. The molecule has 0 saturated carbocycles. The van der Waals surface area contributed by atoms with Crippen LogP contribution in [0.25, 0.3) is 88.6 Å². The minimum Gasteiger partial charge on any atom is -0.456 e. The largest absolute Gasteiger partial charge is 0.456 e. The second-order valence-electron chi connectivity index (χ2n) is 12.5. The Morgan fingerprint density at radius 2 is 1.13 bits per heavy atom. The maximum absolute atomic E-state index is 6.56. The van der Waals surface area contributed by atoms with E-state index in [1.165, 1.54) is 27.6 Å². The van der Waals surface area contributed by atoms with Gasteiger partial charge in [0.1, 0.15) is 22.3 Å². The van der Waals surface area contributed by atoms with E-state index in [2.05, 4.69) is 98.8 Å². The monoisotopic (exact) mass is 578 g/mol. The number of rotatable bonds is 2. The summed E-state index contributed by atoms with van der Waals surface area (Å²) >= 11 is 0. The van der Waals surface area contributed by atoms with Crippen LogP contribution in [0, 0.1) is 0 Å². The molecule has 0 unspecified atom stereocenters. The van der Waals surface area contributed by atoms with Crippen LogP contribution < -0.4 is 0 Å². The van der Waals surface area contributed by atoms with Crippen molar-refractivity contribution in [2.75, 3.05) is 0 Å². The fourth-order valence-electron chi connectivity index (χ4n) is 7.72. The molecule has 0 radical (unpaired) electrons. The fraction of sp³-hybridized carbons (Fsp3) is 0.0732. The molecule has 212 valence electrons. The topological polar surface area (TPSA) is 52.1 Å². The highest BCUT2D eigenvalue weighted by Crippen LogP contribution is 2.56. The first-order valence-electron chi connectivity index (χ1n) is 15.3. The Kier molecular flexibility index (Phi) is 4.76. The number of aromatic nitrogens is 2. The van der Waals surface area contributed by atoms with Crippen LogP contribution in [-0.4, -0.2) is 9.97 Å². The molecule has 0 saturated heterocycles. The van der Waals surface area contributed by atoms with Gasteiger partial charge in [-0.1, -0.05) is 105 Å². The lowest BCUT2D eigenvalue weighted by Gasteiger charge is -2.22. The SMILES string of the molecule is CC1(C)c2ccccc2-c2c(-c3nc(-c4cccc5oc6ccccc6c45)c4ccccc4n3)cc3oc4ccccc4c3c21. The van der Waals surface area contributed by atoms with Gasteiger partial charge in [0, 0.05) is 43.5 Å². The first-order valence-corrected chi connectivity index (χ1v) is 15.3. The van der Waals surface area contributed by atoms with Crippen LogP contribution in [0.5, 0.6) is 0 Å². The van der Waals surface area contributed by atoms with Gasteiger partial charge >= 0.3 is 0 Å². The highest BCUT2D eigenvalue weighted by Gasteiger charge is 2.40. The van der Waals surface area contributed by atoms with Crippen LogP contribution in [0.4, 0.5) is 0 Å². The third kappa shape index (κ3) is 3.26. The standard InChI is InChI=1S/C41H26N2O2/c1-41(2)29-17-7-3-12-23(29)36-28(22-34-37(38(36)41)26-15-6-10-20-32(26)45-34)40-42-30-18-8-4-13-24(30)39(43-40)27-16-11-21-33-35(27)25-14-5-9-19-31(25)44-33/h3-22H,1-2H3. The molecule has 4 heteroatoms. The molecule has 1 aliphatic rings. The fourth-order valence-corrected chi connectivity index (χ4v) is 7.72. The normalized spacial score (nSPS) is 13.7. The molecular weight excluding hydrogens is 552 g/mol. The van der Waals surface area contributed by atoms with E-state index >= 15 is 0 Å². The molecule has 6 aromatic carbocycles. The van der Waals surface area contributed by atoms with Crippen LogP contribution in [0.3, 0.4) is 0 Å². The number of hydrogen-bond donors (Lipinski definition) is 0. The van der Waals surface area contributed by atoms with Crippen molar-refractivity contribution < 1.29 is 8.83 Å². The van der Waals surface area contributed by atoms with Crippen molar-refractivity contribution in [2.24, 2.45) is 0 Å². The molecule has 0 aliphatic heterocycles. The van der Waals surface area contributed by atoms with Crippen molar-refractivity contribution >= 4 is 54.8 Å². The van der Waals surface area contributed by atoms with Gasteiger partial charge in [-0.15, -0.1) is 0 Å². The minimum absolute atomic E-state index is 0.242. The maximum atomic E-state index is 6.56. The Bertz CT molecular complexity index is 2690. The molecule has 0 atom stereocenters. The lowest BCUT2D eigenvalue weighted by Crippen LogP contribution is -2.15. The van der Waals surface area contributed by atoms with E-state index in [1.807, 2.05) is 36.4 Å². The molecule has 0 amide bonds. The zero-order valence-electron chi connectivity index (χ0n) is 24.8. The van der Waals surface area contributed by atoms with Crippen LogP contribution in [0.2, 0.25) is 0 Å². The highest BCUT2D eigenvalue weighted by molar-refractivity contribution is 6.16. The van der Waals surface area contributed by atoms with Gasteiger partial charge < -0.3 is 8.83 Å². The molecule has 3 heterocycles. The van der Waals surface area contributed by atoms with Crippen molar-refractivity contribution in [3.63, 3.8) is 0 Å². The molecular formula is C41H26N2O2. The Morgan fingerprint density at radius 3 is 1.96 bits per heavy atom. The summed E-state index contributed by atoms with van der Waals surface area (Å²) in [7, 11) is 0. The molecule has 10 rings (SSSR count). The Balaban J connectivity index is 1.35. The average molecular weight is 579 g/mol. The van der Waals surface area contributed by atoms with Crippen molar-refractivity contribution in [3.8, 4) is 33.8 Å². The molecule has 45 heavy (non-hydrogen) atoms. The molecule has 0 fully saturated rings. The minimum atomic E-state index is -0.242. The number of para-hydroxylation sites is 3. The summed E-state index contributed by atoms with van der Waals surface area (Å²) in [5.74, 6) is 0.680. The second kappa shape index (κ2) is 8.67.